The maximum Gasteiger partial charge on any atom is 0.246 e. The van der Waals surface area contributed by atoms with E-state index in [0.29, 0.717) is 24.1 Å². The molecule has 40 heavy (non-hydrogen) atoms. The van der Waals surface area contributed by atoms with Crippen LogP contribution in [0.4, 0.5) is 5.69 Å². The van der Waals surface area contributed by atoms with E-state index in [0.717, 1.165) is 50.9 Å². The van der Waals surface area contributed by atoms with E-state index in [-0.39, 0.29) is 23.8 Å². The smallest absolute Gasteiger partial charge is 0.246 e. The first-order valence-electron chi connectivity index (χ1n) is 15.4. The van der Waals surface area contributed by atoms with Crippen molar-refractivity contribution in [1.82, 2.24) is 15.1 Å². The van der Waals surface area contributed by atoms with Crippen LogP contribution in [0.5, 0.6) is 0 Å². The number of piperidine rings is 1. The summed E-state index contributed by atoms with van der Waals surface area (Å²) in [6.07, 6.45) is 10.1. The molecule has 3 amide bonds. The minimum Gasteiger partial charge on any atom is -0.359 e. The van der Waals surface area contributed by atoms with E-state index in [9.17, 15) is 14.4 Å². The van der Waals surface area contributed by atoms with Gasteiger partial charge in [0, 0.05) is 24.8 Å². The summed E-state index contributed by atoms with van der Waals surface area (Å²) in [5.74, 6) is -1.00. The van der Waals surface area contributed by atoms with Crippen molar-refractivity contribution in [3.63, 3.8) is 0 Å². The van der Waals surface area contributed by atoms with Gasteiger partial charge in [0.1, 0.15) is 11.6 Å². The largest absolute Gasteiger partial charge is 0.359 e. The maximum absolute atomic E-state index is 14.2. The molecule has 0 radical (unpaired) electrons. The number of rotatable bonds is 7. The molecule has 3 saturated heterocycles. The SMILES string of the molecule is Cc1cccc(NC(=O)[C@@H]2[C@@H]3C=C[C@]4(O3)[C@@H]2C(=O)N(CCN2CCCCC2)[C@H]4C(=O)N[C@@H]2CCC[C@H](C)[C@@H]2C)c1. The van der Waals surface area contributed by atoms with E-state index in [1.165, 1.54) is 12.8 Å². The molecule has 4 aliphatic heterocycles. The van der Waals surface area contributed by atoms with Crippen LogP contribution in [-0.4, -0.2) is 77.5 Å². The zero-order valence-corrected chi connectivity index (χ0v) is 24.1. The third-order valence-electron chi connectivity index (χ3n) is 10.4. The van der Waals surface area contributed by atoms with Crippen LogP contribution in [0.2, 0.25) is 0 Å². The minimum atomic E-state index is -1.12. The van der Waals surface area contributed by atoms with Crippen LogP contribution in [-0.2, 0) is 19.1 Å². The lowest BCUT2D eigenvalue weighted by atomic mass is 9.73. The highest BCUT2D eigenvalue weighted by molar-refractivity contribution is 6.02. The van der Waals surface area contributed by atoms with Gasteiger partial charge in [-0.15, -0.1) is 0 Å². The number of benzene rings is 1. The molecular weight excluding hydrogens is 504 g/mol. The van der Waals surface area contributed by atoms with Gasteiger partial charge < -0.3 is 25.2 Å². The fraction of sp³-hybridized carbons (Fsp3) is 0.656. The normalized spacial score (nSPS) is 37.0. The number of hydrogen-bond donors (Lipinski definition) is 2. The van der Waals surface area contributed by atoms with Gasteiger partial charge in [-0.05, 0) is 68.8 Å². The monoisotopic (exact) mass is 548 g/mol. The molecule has 8 heteroatoms. The molecule has 1 aromatic carbocycles. The average Bonchev–Trinajstić information content (AvgIpc) is 3.58. The number of hydrogen-bond acceptors (Lipinski definition) is 5. The summed E-state index contributed by atoms with van der Waals surface area (Å²) >= 11 is 0. The van der Waals surface area contributed by atoms with Gasteiger partial charge in [-0.3, -0.25) is 14.4 Å². The van der Waals surface area contributed by atoms with Crippen molar-refractivity contribution in [1.29, 1.82) is 0 Å². The molecule has 0 aromatic heterocycles. The fourth-order valence-electron chi connectivity index (χ4n) is 7.94. The number of nitrogens with one attached hydrogen (secondary N) is 2. The van der Waals surface area contributed by atoms with Crippen LogP contribution < -0.4 is 10.6 Å². The van der Waals surface area contributed by atoms with Crippen molar-refractivity contribution in [3.05, 3.63) is 42.0 Å². The molecule has 1 aromatic rings. The number of fused-ring (bicyclic) bond motifs is 1. The summed E-state index contributed by atoms with van der Waals surface area (Å²) in [6, 6.07) is 6.95. The Kier molecular flexibility index (Phi) is 7.51. The van der Waals surface area contributed by atoms with Crippen LogP contribution in [0.25, 0.3) is 0 Å². The van der Waals surface area contributed by atoms with E-state index in [1.807, 2.05) is 43.3 Å². The zero-order valence-electron chi connectivity index (χ0n) is 24.1. The first-order valence-corrected chi connectivity index (χ1v) is 15.4. The summed E-state index contributed by atoms with van der Waals surface area (Å²) in [6.45, 7) is 9.67. The van der Waals surface area contributed by atoms with Crippen molar-refractivity contribution in [2.45, 2.75) is 83.1 Å². The third kappa shape index (κ3) is 4.77. The molecule has 2 bridgehead atoms. The highest BCUT2D eigenvalue weighted by atomic mass is 16.5. The van der Waals surface area contributed by atoms with Crippen molar-refractivity contribution in [3.8, 4) is 0 Å². The first kappa shape index (κ1) is 27.5. The van der Waals surface area contributed by atoms with Gasteiger partial charge >= 0.3 is 0 Å². The molecule has 0 unspecified atom stereocenters. The minimum absolute atomic E-state index is 0.0775. The van der Waals surface area contributed by atoms with Crippen LogP contribution in [0.3, 0.4) is 0 Å². The number of likely N-dealkylation sites (tertiary alicyclic amines) is 2. The molecule has 5 aliphatic rings. The Morgan fingerprint density at radius 2 is 1.85 bits per heavy atom. The van der Waals surface area contributed by atoms with Crippen molar-refractivity contribution >= 4 is 23.4 Å². The summed E-state index contributed by atoms with van der Waals surface area (Å²) in [5.41, 5.74) is 0.626. The van der Waals surface area contributed by atoms with Gasteiger partial charge in [-0.25, -0.2) is 0 Å². The van der Waals surface area contributed by atoms with Gasteiger partial charge in [0.15, 0.2) is 0 Å². The Bertz CT molecular complexity index is 1180. The van der Waals surface area contributed by atoms with Crippen LogP contribution in [0.15, 0.2) is 36.4 Å². The lowest BCUT2D eigenvalue weighted by Gasteiger charge is -2.38. The Hall–Kier alpha value is -2.71. The topological polar surface area (TPSA) is 91.0 Å². The van der Waals surface area contributed by atoms with Crippen LogP contribution in [0.1, 0.15) is 57.9 Å². The highest BCUT2D eigenvalue weighted by Gasteiger charge is 2.72. The second-order valence-corrected chi connectivity index (χ2v) is 12.9. The Labute approximate surface area is 237 Å². The summed E-state index contributed by atoms with van der Waals surface area (Å²) < 4.78 is 6.53. The number of carbonyl (C=O) groups is 3. The van der Waals surface area contributed by atoms with Crippen LogP contribution >= 0.6 is 0 Å². The standard InChI is InChI=1S/C32H44N4O4/c1-20-9-7-11-23(19-20)33-29(37)26-25-13-14-32(40-25)27(26)31(39)36(18-17-35-15-5-4-6-16-35)28(32)30(38)34-24-12-8-10-21(2)22(24)3/h7,9,11,13-14,19,21-22,24-28H,4-6,8,10,12,15-18H2,1-3H3,(H,33,37)(H,34,38)/t21-,22-,24+,25-,26+,27-,28-,32-/m0/s1. The Morgan fingerprint density at radius 3 is 2.62 bits per heavy atom. The second-order valence-electron chi connectivity index (χ2n) is 12.9. The molecule has 1 aliphatic carbocycles. The van der Waals surface area contributed by atoms with Gasteiger partial charge in [0.25, 0.3) is 0 Å². The molecule has 8 nitrogen and oxygen atoms in total. The third-order valence-corrected chi connectivity index (χ3v) is 10.4. The van der Waals surface area contributed by atoms with Gasteiger partial charge in [-0.2, -0.15) is 0 Å². The zero-order chi connectivity index (χ0) is 28.0. The molecule has 6 rings (SSSR count). The number of nitrogens with zero attached hydrogens (tertiary/aromatic N) is 2. The maximum atomic E-state index is 14.2. The number of anilines is 1. The first-order chi connectivity index (χ1) is 19.3. The van der Waals surface area contributed by atoms with E-state index in [4.69, 9.17) is 4.74 Å². The predicted octanol–water partition coefficient (Wildman–Crippen LogP) is 3.51. The van der Waals surface area contributed by atoms with Crippen molar-refractivity contribution in [2.75, 3.05) is 31.5 Å². The molecule has 2 N–H and O–H groups in total. The lowest BCUT2D eigenvalue weighted by Crippen LogP contribution is -2.58. The quantitative estimate of drug-likeness (QED) is 0.509. The highest BCUT2D eigenvalue weighted by Crippen LogP contribution is 2.55. The molecule has 1 spiro atoms. The molecule has 4 fully saturated rings. The molecule has 1 saturated carbocycles. The second kappa shape index (κ2) is 10.9. The van der Waals surface area contributed by atoms with Gasteiger partial charge in [-0.1, -0.05) is 57.4 Å². The molecule has 216 valence electrons. The van der Waals surface area contributed by atoms with E-state index in [2.05, 4.69) is 29.4 Å². The van der Waals surface area contributed by atoms with Gasteiger partial charge in [0.05, 0.1) is 17.9 Å². The Morgan fingerprint density at radius 1 is 1.05 bits per heavy atom. The number of amides is 3. The van der Waals surface area contributed by atoms with Crippen molar-refractivity contribution in [2.24, 2.45) is 23.7 Å². The summed E-state index contributed by atoms with van der Waals surface area (Å²) in [7, 11) is 0. The number of ether oxygens (including phenoxy) is 1. The van der Waals surface area contributed by atoms with Crippen molar-refractivity contribution < 1.29 is 19.1 Å². The fourth-order valence-corrected chi connectivity index (χ4v) is 7.94. The molecular formula is C32H44N4O4. The van der Waals surface area contributed by atoms with E-state index in [1.54, 1.807) is 4.90 Å². The van der Waals surface area contributed by atoms with Crippen LogP contribution in [0, 0.1) is 30.6 Å². The van der Waals surface area contributed by atoms with E-state index < -0.39 is 29.6 Å². The Balaban J connectivity index is 1.27. The number of carbonyl (C=O) groups excluding carboxylic acids is 3. The summed E-state index contributed by atoms with van der Waals surface area (Å²) in [4.78, 5) is 46.2. The van der Waals surface area contributed by atoms with E-state index >= 15 is 0 Å². The molecule has 4 heterocycles. The lowest BCUT2D eigenvalue weighted by molar-refractivity contribution is -0.142. The number of aryl methyl sites for hydroxylation is 1. The predicted molar refractivity (Wildman–Crippen MR) is 153 cm³/mol. The van der Waals surface area contributed by atoms with Gasteiger partial charge in [0.2, 0.25) is 17.7 Å². The average molecular weight is 549 g/mol. The summed E-state index contributed by atoms with van der Waals surface area (Å²) in [5, 5.41) is 6.37. The molecule has 8 atom stereocenters.